The van der Waals surface area contributed by atoms with Crippen LogP contribution in [0, 0.1) is 0 Å². The molecule has 0 unspecified atom stereocenters. The van der Waals surface area contributed by atoms with E-state index in [-0.39, 0.29) is 5.54 Å². The van der Waals surface area contributed by atoms with Crippen LogP contribution < -0.4 is 5.73 Å². The minimum Gasteiger partial charge on any atom is -0.383 e. The van der Waals surface area contributed by atoms with Crippen molar-refractivity contribution >= 4 is 0 Å². The SMILES string of the molecule is COCCn1cc(C2(N)CC2)cn1. The summed E-state index contributed by atoms with van der Waals surface area (Å²) in [6.45, 7) is 1.49. The maximum Gasteiger partial charge on any atom is 0.0658 e. The topological polar surface area (TPSA) is 53.1 Å². The molecule has 1 fully saturated rings. The minimum atomic E-state index is -0.0642. The number of methoxy groups -OCH3 is 1. The summed E-state index contributed by atoms with van der Waals surface area (Å²) in [7, 11) is 1.69. The Labute approximate surface area is 77.7 Å². The quantitative estimate of drug-likeness (QED) is 0.735. The highest BCUT2D eigenvalue weighted by Gasteiger charge is 2.40. The normalized spacial score (nSPS) is 18.9. The zero-order valence-electron chi connectivity index (χ0n) is 7.86. The van der Waals surface area contributed by atoms with Gasteiger partial charge in [-0.15, -0.1) is 0 Å². The Morgan fingerprint density at radius 2 is 2.46 bits per heavy atom. The van der Waals surface area contributed by atoms with Crippen LogP contribution in [0.2, 0.25) is 0 Å². The van der Waals surface area contributed by atoms with E-state index in [0.29, 0.717) is 6.61 Å². The summed E-state index contributed by atoms with van der Waals surface area (Å²) in [6, 6.07) is 0. The highest BCUT2D eigenvalue weighted by molar-refractivity contribution is 5.24. The molecule has 1 saturated carbocycles. The van der Waals surface area contributed by atoms with Gasteiger partial charge in [-0.2, -0.15) is 5.10 Å². The predicted octanol–water partition coefficient (Wildman–Crippen LogP) is 0.477. The largest absolute Gasteiger partial charge is 0.383 e. The van der Waals surface area contributed by atoms with Crippen LogP contribution in [0.25, 0.3) is 0 Å². The van der Waals surface area contributed by atoms with Crippen LogP contribution in [0.3, 0.4) is 0 Å². The van der Waals surface area contributed by atoms with Crippen molar-refractivity contribution in [3.05, 3.63) is 18.0 Å². The van der Waals surface area contributed by atoms with Gasteiger partial charge >= 0.3 is 0 Å². The first-order valence-electron chi connectivity index (χ1n) is 4.55. The molecule has 72 valence electrons. The van der Waals surface area contributed by atoms with Gasteiger partial charge in [0.2, 0.25) is 0 Å². The molecule has 4 heteroatoms. The molecule has 0 radical (unpaired) electrons. The maximum absolute atomic E-state index is 6.03. The van der Waals surface area contributed by atoms with Gasteiger partial charge in [0.15, 0.2) is 0 Å². The molecule has 0 bridgehead atoms. The monoisotopic (exact) mass is 181 g/mol. The third kappa shape index (κ3) is 1.73. The number of hydrogen-bond acceptors (Lipinski definition) is 3. The molecular weight excluding hydrogens is 166 g/mol. The molecule has 1 aliphatic rings. The smallest absolute Gasteiger partial charge is 0.0658 e. The molecule has 2 rings (SSSR count). The van der Waals surface area contributed by atoms with E-state index in [0.717, 1.165) is 24.9 Å². The van der Waals surface area contributed by atoms with Crippen molar-refractivity contribution in [1.29, 1.82) is 0 Å². The summed E-state index contributed by atoms with van der Waals surface area (Å²) in [4.78, 5) is 0. The standard InChI is InChI=1S/C9H15N3O/c1-13-5-4-12-7-8(6-11-12)9(10)2-3-9/h6-7H,2-5,10H2,1H3. The second-order valence-electron chi connectivity index (χ2n) is 3.64. The molecule has 1 aliphatic carbocycles. The summed E-state index contributed by atoms with van der Waals surface area (Å²) >= 11 is 0. The van der Waals surface area contributed by atoms with Gasteiger partial charge in [0.1, 0.15) is 0 Å². The molecule has 0 atom stereocenters. The lowest BCUT2D eigenvalue weighted by molar-refractivity contribution is 0.183. The molecule has 0 amide bonds. The first-order chi connectivity index (χ1) is 6.24. The van der Waals surface area contributed by atoms with Crippen LogP contribution in [-0.4, -0.2) is 23.5 Å². The van der Waals surface area contributed by atoms with Crippen LogP contribution in [-0.2, 0) is 16.8 Å². The molecule has 1 aromatic heterocycles. The lowest BCUT2D eigenvalue weighted by Gasteiger charge is -2.03. The molecular formula is C9H15N3O. The van der Waals surface area contributed by atoms with Crippen LogP contribution in [0.15, 0.2) is 12.4 Å². The molecule has 1 heterocycles. The second-order valence-corrected chi connectivity index (χ2v) is 3.64. The van der Waals surface area contributed by atoms with E-state index in [4.69, 9.17) is 10.5 Å². The van der Waals surface area contributed by atoms with Crippen LogP contribution >= 0.6 is 0 Å². The average molecular weight is 181 g/mol. The van der Waals surface area contributed by atoms with Crippen LogP contribution in [0.1, 0.15) is 18.4 Å². The third-order valence-corrected chi connectivity index (χ3v) is 2.52. The van der Waals surface area contributed by atoms with E-state index in [2.05, 4.69) is 5.10 Å². The Balaban J connectivity index is 2.01. The number of ether oxygens (including phenoxy) is 1. The first kappa shape index (κ1) is 8.72. The number of rotatable bonds is 4. The Morgan fingerprint density at radius 1 is 1.69 bits per heavy atom. The molecule has 13 heavy (non-hydrogen) atoms. The van der Waals surface area contributed by atoms with Crippen molar-refractivity contribution in [1.82, 2.24) is 9.78 Å². The van der Waals surface area contributed by atoms with E-state index < -0.39 is 0 Å². The highest BCUT2D eigenvalue weighted by Crippen LogP contribution is 2.42. The summed E-state index contributed by atoms with van der Waals surface area (Å²) in [5, 5.41) is 4.22. The van der Waals surface area contributed by atoms with Crippen molar-refractivity contribution in [2.24, 2.45) is 5.73 Å². The van der Waals surface area contributed by atoms with Gasteiger partial charge in [-0.05, 0) is 12.8 Å². The third-order valence-electron chi connectivity index (χ3n) is 2.52. The first-order valence-corrected chi connectivity index (χ1v) is 4.55. The summed E-state index contributed by atoms with van der Waals surface area (Å²) in [5.74, 6) is 0. The van der Waals surface area contributed by atoms with Gasteiger partial charge in [-0.3, -0.25) is 4.68 Å². The molecule has 1 aromatic rings. The van der Waals surface area contributed by atoms with Crippen LogP contribution in [0.5, 0.6) is 0 Å². The Morgan fingerprint density at radius 3 is 3.08 bits per heavy atom. The molecule has 4 nitrogen and oxygen atoms in total. The Kier molecular flexibility index (Phi) is 2.09. The van der Waals surface area contributed by atoms with E-state index in [1.165, 1.54) is 0 Å². The molecule has 2 N–H and O–H groups in total. The lowest BCUT2D eigenvalue weighted by Crippen LogP contribution is -2.17. The Hall–Kier alpha value is -0.870. The number of aromatic nitrogens is 2. The van der Waals surface area contributed by atoms with Gasteiger partial charge in [-0.25, -0.2) is 0 Å². The maximum atomic E-state index is 6.03. The fraction of sp³-hybridized carbons (Fsp3) is 0.667. The van der Waals surface area contributed by atoms with Gasteiger partial charge in [-0.1, -0.05) is 0 Å². The number of nitrogens with zero attached hydrogens (tertiary/aromatic N) is 2. The molecule has 0 saturated heterocycles. The predicted molar refractivity (Wildman–Crippen MR) is 49.2 cm³/mol. The lowest BCUT2D eigenvalue weighted by atomic mass is 10.1. The minimum absolute atomic E-state index is 0.0642. The van der Waals surface area contributed by atoms with Gasteiger partial charge < -0.3 is 10.5 Å². The number of hydrogen-bond donors (Lipinski definition) is 1. The van der Waals surface area contributed by atoms with Crippen molar-refractivity contribution in [3.63, 3.8) is 0 Å². The fourth-order valence-corrected chi connectivity index (χ4v) is 1.35. The van der Waals surface area contributed by atoms with Gasteiger partial charge in [0.25, 0.3) is 0 Å². The van der Waals surface area contributed by atoms with Crippen LogP contribution in [0.4, 0.5) is 0 Å². The van der Waals surface area contributed by atoms with Crippen molar-refractivity contribution < 1.29 is 4.74 Å². The van der Waals surface area contributed by atoms with Gasteiger partial charge in [0.05, 0.1) is 19.3 Å². The summed E-state index contributed by atoms with van der Waals surface area (Å²) in [6.07, 6.45) is 6.06. The number of nitrogens with two attached hydrogens (primary N) is 1. The van der Waals surface area contributed by atoms with Crippen molar-refractivity contribution in [3.8, 4) is 0 Å². The average Bonchev–Trinajstić information content (AvgIpc) is 2.69. The summed E-state index contributed by atoms with van der Waals surface area (Å²) in [5.41, 5.74) is 7.12. The highest BCUT2D eigenvalue weighted by atomic mass is 16.5. The van der Waals surface area contributed by atoms with E-state index in [9.17, 15) is 0 Å². The molecule has 0 spiro atoms. The Bertz CT molecular complexity index is 291. The zero-order valence-corrected chi connectivity index (χ0v) is 7.86. The van der Waals surface area contributed by atoms with E-state index >= 15 is 0 Å². The van der Waals surface area contributed by atoms with Gasteiger partial charge in [0, 0.05) is 24.4 Å². The fourth-order valence-electron chi connectivity index (χ4n) is 1.35. The second kappa shape index (κ2) is 3.12. The molecule has 0 aliphatic heterocycles. The van der Waals surface area contributed by atoms with E-state index in [1.54, 1.807) is 7.11 Å². The van der Waals surface area contributed by atoms with Crippen molar-refractivity contribution in [2.45, 2.75) is 24.9 Å². The van der Waals surface area contributed by atoms with Crippen molar-refractivity contribution in [2.75, 3.05) is 13.7 Å². The zero-order chi connectivity index (χ0) is 9.31. The van der Waals surface area contributed by atoms with E-state index in [1.807, 2.05) is 17.1 Å². The summed E-state index contributed by atoms with van der Waals surface area (Å²) < 4.78 is 6.84. The molecule has 0 aromatic carbocycles.